The van der Waals surface area contributed by atoms with Crippen LogP contribution in [-0.2, 0) is 13.0 Å². The van der Waals surface area contributed by atoms with E-state index in [0.29, 0.717) is 12.5 Å². The summed E-state index contributed by atoms with van der Waals surface area (Å²) < 4.78 is 1.90. The van der Waals surface area contributed by atoms with Crippen LogP contribution in [0, 0.1) is 0 Å². The van der Waals surface area contributed by atoms with Crippen molar-refractivity contribution in [3.8, 4) is 5.69 Å². The summed E-state index contributed by atoms with van der Waals surface area (Å²) in [6.07, 6.45) is 2.65. The summed E-state index contributed by atoms with van der Waals surface area (Å²) in [6, 6.07) is 18.0. The van der Waals surface area contributed by atoms with E-state index in [2.05, 4.69) is 39.6 Å². The second-order valence-electron chi connectivity index (χ2n) is 5.33. The maximum absolute atomic E-state index is 5.98. The Kier molecular flexibility index (Phi) is 6.93. The highest BCUT2D eigenvalue weighted by atomic mass is 127. The molecule has 3 rings (SSSR count). The number of benzene rings is 2. The van der Waals surface area contributed by atoms with Gasteiger partial charge in [0.15, 0.2) is 11.8 Å². The number of aliphatic imine (C=N–C) groups is 1. The molecule has 130 valence electrons. The molecule has 0 radical (unpaired) electrons. The van der Waals surface area contributed by atoms with E-state index in [1.807, 2.05) is 47.0 Å². The number of aryl methyl sites for hydroxylation is 1. The number of rotatable bonds is 5. The van der Waals surface area contributed by atoms with Gasteiger partial charge >= 0.3 is 0 Å². The molecule has 0 atom stereocenters. The van der Waals surface area contributed by atoms with Gasteiger partial charge in [-0.05, 0) is 36.2 Å². The average Bonchev–Trinajstić information content (AvgIpc) is 3.09. The zero-order valence-electron chi connectivity index (χ0n) is 14.0. The molecule has 7 heteroatoms. The van der Waals surface area contributed by atoms with Crippen LogP contribution < -0.4 is 11.1 Å². The van der Waals surface area contributed by atoms with Crippen molar-refractivity contribution in [2.24, 2.45) is 10.7 Å². The lowest BCUT2D eigenvalue weighted by Gasteiger charge is -2.08. The van der Waals surface area contributed by atoms with Gasteiger partial charge in [-0.2, -0.15) is 0 Å². The van der Waals surface area contributed by atoms with Crippen LogP contribution in [0.1, 0.15) is 18.3 Å². The molecular weight excluding hydrogens is 427 g/mol. The van der Waals surface area contributed by atoms with Gasteiger partial charge < -0.3 is 11.1 Å². The van der Waals surface area contributed by atoms with Crippen molar-refractivity contribution in [3.05, 3.63) is 72.3 Å². The molecule has 0 aliphatic carbocycles. The van der Waals surface area contributed by atoms with Gasteiger partial charge in [-0.3, -0.25) is 4.57 Å². The standard InChI is InChI=1S/C18H20N6.HI/c1-2-14-7-6-8-15(11-14)22-18(19)20-12-17-23-21-13-24(17)16-9-4-3-5-10-16;/h3-11,13H,2,12H2,1H3,(H3,19,20,22);1H. The zero-order valence-corrected chi connectivity index (χ0v) is 16.3. The highest BCUT2D eigenvalue weighted by molar-refractivity contribution is 14.0. The van der Waals surface area contributed by atoms with E-state index < -0.39 is 0 Å². The van der Waals surface area contributed by atoms with Gasteiger partial charge in [0.25, 0.3) is 0 Å². The molecule has 0 unspecified atom stereocenters. The summed E-state index contributed by atoms with van der Waals surface area (Å²) >= 11 is 0. The maximum atomic E-state index is 5.98. The van der Waals surface area contributed by atoms with Gasteiger partial charge in [0.1, 0.15) is 12.9 Å². The fourth-order valence-electron chi connectivity index (χ4n) is 2.38. The fraction of sp³-hybridized carbons (Fsp3) is 0.167. The van der Waals surface area contributed by atoms with Crippen molar-refractivity contribution in [2.75, 3.05) is 5.32 Å². The quantitative estimate of drug-likeness (QED) is 0.356. The predicted molar refractivity (Wildman–Crippen MR) is 112 cm³/mol. The minimum absolute atomic E-state index is 0. The van der Waals surface area contributed by atoms with Crippen molar-refractivity contribution in [1.29, 1.82) is 0 Å². The zero-order chi connectivity index (χ0) is 16.8. The van der Waals surface area contributed by atoms with Gasteiger partial charge in [-0.25, -0.2) is 4.99 Å². The van der Waals surface area contributed by atoms with Crippen LogP contribution in [0.25, 0.3) is 5.69 Å². The Hall–Kier alpha value is -2.42. The number of nitrogens with one attached hydrogen (secondary N) is 1. The van der Waals surface area contributed by atoms with Gasteiger partial charge in [-0.15, -0.1) is 34.2 Å². The number of para-hydroxylation sites is 1. The molecule has 25 heavy (non-hydrogen) atoms. The molecule has 0 saturated heterocycles. The van der Waals surface area contributed by atoms with Crippen molar-refractivity contribution in [2.45, 2.75) is 19.9 Å². The molecule has 0 saturated carbocycles. The van der Waals surface area contributed by atoms with Crippen molar-refractivity contribution in [1.82, 2.24) is 14.8 Å². The number of nitrogens with zero attached hydrogens (tertiary/aromatic N) is 4. The molecule has 2 aromatic carbocycles. The second-order valence-corrected chi connectivity index (χ2v) is 5.33. The first-order chi connectivity index (χ1) is 11.8. The highest BCUT2D eigenvalue weighted by Crippen LogP contribution is 2.12. The number of nitrogens with two attached hydrogens (primary N) is 1. The molecule has 6 nitrogen and oxygen atoms in total. The lowest BCUT2D eigenvalue weighted by atomic mass is 10.1. The summed E-state index contributed by atoms with van der Waals surface area (Å²) in [6.45, 7) is 2.47. The van der Waals surface area contributed by atoms with E-state index in [9.17, 15) is 0 Å². The van der Waals surface area contributed by atoms with E-state index in [-0.39, 0.29) is 24.0 Å². The molecule has 1 aromatic heterocycles. The first-order valence-corrected chi connectivity index (χ1v) is 7.86. The van der Waals surface area contributed by atoms with Crippen molar-refractivity contribution >= 4 is 35.6 Å². The SMILES string of the molecule is CCc1cccc(NC(N)=NCc2nncn2-c2ccccc2)c1.I. The second kappa shape index (κ2) is 9.16. The van der Waals surface area contributed by atoms with Crippen molar-refractivity contribution in [3.63, 3.8) is 0 Å². The predicted octanol–water partition coefficient (Wildman–Crippen LogP) is 3.37. The highest BCUT2D eigenvalue weighted by Gasteiger charge is 2.05. The molecule has 0 aliphatic heterocycles. The monoisotopic (exact) mass is 448 g/mol. The van der Waals surface area contributed by atoms with Crippen molar-refractivity contribution < 1.29 is 0 Å². The summed E-state index contributed by atoms with van der Waals surface area (Å²) in [5, 5.41) is 11.2. The minimum Gasteiger partial charge on any atom is -0.370 e. The normalized spacial score (nSPS) is 11.0. The van der Waals surface area contributed by atoms with E-state index >= 15 is 0 Å². The number of halogens is 1. The Bertz CT molecular complexity index is 828. The number of anilines is 1. The first-order valence-electron chi connectivity index (χ1n) is 7.86. The largest absolute Gasteiger partial charge is 0.370 e. The number of hydrogen-bond acceptors (Lipinski definition) is 3. The van der Waals surface area contributed by atoms with Crippen LogP contribution in [0.15, 0.2) is 65.9 Å². The molecule has 3 N–H and O–H groups in total. The Morgan fingerprint density at radius 2 is 1.96 bits per heavy atom. The maximum Gasteiger partial charge on any atom is 0.193 e. The molecule has 1 heterocycles. The smallest absolute Gasteiger partial charge is 0.193 e. The summed E-state index contributed by atoms with van der Waals surface area (Å²) in [5.74, 6) is 1.08. The Balaban J connectivity index is 0.00000225. The fourth-order valence-corrected chi connectivity index (χ4v) is 2.38. The molecule has 0 aliphatic rings. The van der Waals surface area contributed by atoms with Crippen LogP contribution in [0.2, 0.25) is 0 Å². The van der Waals surface area contributed by atoms with E-state index in [1.165, 1.54) is 5.56 Å². The molecule has 0 bridgehead atoms. The third-order valence-corrected chi connectivity index (χ3v) is 3.65. The van der Waals surface area contributed by atoms with E-state index in [0.717, 1.165) is 23.6 Å². The van der Waals surface area contributed by atoms with Crippen LogP contribution in [0.4, 0.5) is 5.69 Å². The van der Waals surface area contributed by atoms with Gasteiger partial charge in [-0.1, -0.05) is 37.3 Å². The molecule has 3 aromatic rings. The van der Waals surface area contributed by atoms with E-state index in [1.54, 1.807) is 6.33 Å². The van der Waals surface area contributed by atoms with Crippen LogP contribution in [0.5, 0.6) is 0 Å². The van der Waals surface area contributed by atoms with Crippen LogP contribution >= 0.6 is 24.0 Å². The Morgan fingerprint density at radius 3 is 2.72 bits per heavy atom. The minimum atomic E-state index is 0. The Morgan fingerprint density at radius 1 is 1.16 bits per heavy atom. The molecule has 0 amide bonds. The van der Waals surface area contributed by atoms with E-state index in [4.69, 9.17) is 5.73 Å². The summed E-state index contributed by atoms with van der Waals surface area (Å²) in [4.78, 5) is 4.36. The molecular formula is C18H21IN6. The molecule has 0 fully saturated rings. The van der Waals surface area contributed by atoms with Crippen LogP contribution in [-0.4, -0.2) is 20.7 Å². The average molecular weight is 448 g/mol. The first kappa shape index (κ1) is 18.9. The van der Waals surface area contributed by atoms with Gasteiger partial charge in [0.05, 0.1) is 0 Å². The third kappa shape index (κ3) is 5.02. The topological polar surface area (TPSA) is 81.1 Å². The number of hydrogen-bond donors (Lipinski definition) is 2. The number of guanidine groups is 1. The Labute approximate surface area is 164 Å². The molecule has 0 spiro atoms. The van der Waals surface area contributed by atoms with Gasteiger partial charge in [0.2, 0.25) is 0 Å². The summed E-state index contributed by atoms with van der Waals surface area (Å²) in [5.41, 5.74) is 9.16. The lowest BCUT2D eigenvalue weighted by molar-refractivity contribution is 0.859. The van der Waals surface area contributed by atoms with Gasteiger partial charge in [0, 0.05) is 11.4 Å². The third-order valence-electron chi connectivity index (χ3n) is 3.65. The van der Waals surface area contributed by atoms with Crippen LogP contribution in [0.3, 0.4) is 0 Å². The number of aromatic nitrogens is 3. The summed E-state index contributed by atoms with van der Waals surface area (Å²) in [7, 11) is 0. The lowest BCUT2D eigenvalue weighted by Crippen LogP contribution is -2.23.